The number of para-hydroxylation sites is 2. The molecule has 0 aliphatic rings. The van der Waals surface area contributed by atoms with Crippen LogP contribution in [0.4, 0.5) is 5.69 Å². The van der Waals surface area contributed by atoms with Crippen LogP contribution >= 0.6 is 11.6 Å². The van der Waals surface area contributed by atoms with Crippen LogP contribution < -0.4 is 10.1 Å². The lowest BCUT2D eigenvalue weighted by Gasteiger charge is -2.06. The molecule has 24 heavy (non-hydrogen) atoms. The summed E-state index contributed by atoms with van der Waals surface area (Å²) in [5, 5.41) is 11.1. The summed E-state index contributed by atoms with van der Waals surface area (Å²) in [6.07, 6.45) is 1.68. The van der Waals surface area contributed by atoms with Gasteiger partial charge in [0.25, 0.3) is 0 Å². The third-order valence-electron chi connectivity index (χ3n) is 3.17. The van der Waals surface area contributed by atoms with Crippen molar-refractivity contribution in [3.8, 4) is 5.75 Å². The number of nitrogens with zero attached hydrogens (tertiary/aromatic N) is 3. The van der Waals surface area contributed by atoms with Crippen molar-refractivity contribution >= 4 is 23.2 Å². The van der Waals surface area contributed by atoms with Gasteiger partial charge in [0.15, 0.2) is 0 Å². The number of carbonyl (C=O) groups excluding carboxylic acids is 1. The number of hydrogen-bond acceptors (Lipinski definition) is 4. The van der Waals surface area contributed by atoms with E-state index in [0.717, 1.165) is 5.75 Å². The van der Waals surface area contributed by atoms with Gasteiger partial charge in [0.2, 0.25) is 5.91 Å². The minimum atomic E-state index is -0.233. The van der Waals surface area contributed by atoms with Gasteiger partial charge in [-0.25, -0.2) is 4.68 Å². The zero-order chi connectivity index (χ0) is 16.8. The van der Waals surface area contributed by atoms with E-state index in [2.05, 4.69) is 15.6 Å². The van der Waals surface area contributed by atoms with Crippen LogP contribution in [0.15, 0.2) is 60.8 Å². The van der Waals surface area contributed by atoms with Crippen LogP contribution in [0.5, 0.6) is 5.75 Å². The van der Waals surface area contributed by atoms with Crippen molar-refractivity contribution in [1.82, 2.24) is 15.0 Å². The lowest BCUT2D eigenvalue weighted by Crippen LogP contribution is -2.19. The predicted octanol–water partition coefficient (Wildman–Crippen LogP) is 3.15. The number of carbonyl (C=O) groups is 1. The Kier molecular flexibility index (Phi) is 5.08. The number of ether oxygens (including phenoxy) is 1. The van der Waals surface area contributed by atoms with Gasteiger partial charge in [-0.1, -0.05) is 47.1 Å². The normalized spacial score (nSPS) is 10.4. The Labute approximate surface area is 144 Å². The number of halogens is 1. The van der Waals surface area contributed by atoms with E-state index in [1.807, 2.05) is 30.3 Å². The summed E-state index contributed by atoms with van der Waals surface area (Å²) in [4.78, 5) is 12.0. The summed E-state index contributed by atoms with van der Waals surface area (Å²) >= 11 is 6.01. The lowest BCUT2D eigenvalue weighted by atomic mass is 10.3. The van der Waals surface area contributed by atoms with E-state index in [1.165, 1.54) is 4.68 Å². The molecule has 0 spiro atoms. The van der Waals surface area contributed by atoms with Crippen LogP contribution in [-0.2, 0) is 17.9 Å². The molecule has 122 valence electrons. The largest absolute Gasteiger partial charge is 0.487 e. The van der Waals surface area contributed by atoms with E-state index in [-0.39, 0.29) is 19.1 Å². The maximum Gasteiger partial charge on any atom is 0.246 e. The number of rotatable bonds is 6. The Morgan fingerprint density at radius 3 is 2.67 bits per heavy atom. The zero-order valence-electron chi connectivity index (χ0n) is 12.7. The number of anilines is 1. The zero-order valence-corrected chi connectivity index (χ0v) is 13.5. The van der Waals surface area contributed by atoms with Crippen molar-refractivity contribution < 1.29 is 9.53 Å². The molecule has 3 aromatic rings. The second kappa shape index (κ2) is 7.61. The van der Waals surface area contributed by atoms with Crippen LogP contribution in [0, 0.1) is 0 Å². The molecular formula is C17H15ClN4O2. The minimum absolute atomic E-state index is 0.0452. The minimum Gasteiger partial charge on any atom is -0.487 e. The van der Waals surface area contributed by atoms with E-state index < -0.39 is 0 Å². The van der Waals surface area contributed by atoms with Gasteiger partial charge >= 0.3 is 0 Å². The fourth-order valence-corrected chi connectivity index (χ4v) is 2.24. The van der Waals surface area contributed by atoms with Crippen molar-refractivity contribution in [3.05, 3.63) is 71.5 Å². The van der Waals surface area contributed by atoms with Gasteiger partial charge in [-0.15, -0.1) is 5.10 Å². The predicted molar refractivity (Wildman–Crippen MR) is 90.9 cm³/mol. The highest BCUT2D eigenvalue weighted by Gasteiger charge is 2.08. The van der Waals surface area contributed by atoms with Crippen LogP contribution in [-0.4, -0.2) is 20.9 Å². The molecule has 0 saturated heterocycles. The van der Waals surface area contributed by atoms with Crippen molar-refractivity contribution in [2.24, 2.45) is 0 Å². The lowest BCUT2D eigenvalue weighted by molar-refractivity contribution is -0.116. The van der Waals surface area contributed by atoms with Gasteiger partial charge in [-0.05, 0) is 24.3 Å². The van der Waals surface area contributed by atoms with Crippen molar-refractivity contribution in [2.45, 2.75) is 13.2 Å². The van der Waals surface area contributed by atoms with Crippen molar-refractivity contribution in [2.75, 3.05) is 5.32 Å². The molecule has 0 aliphatic carbocycles. The molecule has 0 fully saturated rings. The average molecular weight is 343 g/mol. The molecule has 0 bridgehead atoms. The Morgan fingerprint density at radius 1 is 1.12 bits per heavy atom. The fraction of sp³-hybridized carbons (Fsp3) is 0.118. The smallest absolute Gasteiger partial charge is 0.246 e. The molecule has 7 heteroatoms. The number of hydrogen-bond donors (Lipinski definition) is 1. The Balaban J connectivity index is 1.54. The Bertz CT molecular complexity index is 820. The maximum absolute atomic E-state index is 12.0. The van der Waals surface area contributed by atoms with Crippen molar-refractivity contribution in [1.29, 1.82) is 0 Å². The molecule has 1 N–H and O–H groups in total. The standard InChI is InChI=1S/C17H15ClN4O2/c18-15-8-4-5-9-16(15)19-17(23)11-22-10-13(20-21-22)12-24-14-6-2-1-3-7-14/h1-10H,11-12H2,(H,19,23). The van der Waals surface area contributed by atoms with E-state index in [1.54, 1.807) is 30.5 Å². The maximum atomic E-state index is 12.0. The summed E-state index contributed by atoms with van der Waals surface area (Å²) in [5.41, 5.74) is 1.21. The number of aromatic nitrogens is 3. The van der Waals surface area contributed by atoms with Crippen LogP contribution in [0.25, 0.3) is 0 Å². The van der Waals surface area contributed by atoms with Gasteiger partial charge in [0.1, 0.15) is 24.6 Å². The summed E-state index contributed by atoms with van der Waals surface area (Å²) in [6, 6.07) is 16.5. The number of benzene rings is 2. The third kappa shape index (κ3) is 4.33. The molecule has 0 unspecified atom stereocenters. The first-order chi connectivity index (χ1) is 11.7. The SMILES string of the molecule is O=C(Cn1cc(COc2ccccc2)nn1)Nc1ccccc1Cl. The molecule has 0 radical (unpaired) electrons. The molecular weight excluding hydrogens is 328 g/mol. The van der Waals surface area contributed by atoms with E-state index in [9.17, 15) is 4.79 Å². The average Bonchev–Trinajstić information content (AvgIpc) is 3.03. The summed E-state index contributed by atoms with van der Waals surface area (Å²) in [5.74, 6) is 0.520. The van der Waals surface area contributed by atoms with E-state index >= 15 is 0 Å². The molecule has 2 aromatic carbocycles. The van der Waals surface area contributed by atoms with Crippen LogP contribution in [0.2, 0.25) is 5.02 Å². The van der Waals surface area contributed by atoms with Crippen molar-refractivity contribution in [3.63, 3.8) is 0 Å². The second-order valence-electron chi connectivity index (χ2n) is 5.04. The van der Waals surface area contributed by atoms with Crippen LogP contribution in [0.1, 0.15) is 5.69 Å². The molecule has 0 saturated carbocycles. The summed E-state index contributed by atoms with van der Waals surface area (Å²) in [6.45, 7) is 0.333. The topological polar surface area (TPSA) is 69.0 Å². The highest BCUT2D eigenvalue weighted by molar-refractivity contribution is 6.33. The molecule has 1 heterocycles. The molecule has 6 nitrogen and oxygen atoms in total. The summed E-state index contributed by atoms with van der Waals surface area (Å²) in [7, 11) is 0. The number of nitrogens with one attached hydrogen (secondary N) is 1. The molecule has 1 amide bonds. The monoisotopic (exact) mass is 342 g/mol. The van der Waals surface area contributed by atoms with E-state index in [4.69, 9.17) is 16.3 Å². The molecule has 3 rings (SSSR count). The quantitative estimate of drug-likeness (QED) is 0.747. The molecule has 1 aromatic heterocycles. The Morgan fingerprint density at radius 2 is 1.88 bits per heavy atom. The molecule has 0 atom stereocenters. The highest BCUT2D eigenvalue weighted by Crippen LogP contribution is 2.20. The van der Waals surface area contributed by atoms with Gasteiger partial charge in [0.05, 0.1) is 16.9 Å². The van der Waals surface area contributed by atoms with Gasteiger partial charge in [0, 0.05) is 0 Å². The number of amides is 1. The highest BCUT2D eigenvalue weighted by atomic mass is 35.5. The van der Waals surface area contributed by atoms with E-state index in [0.29, 0.717) is 16.4 Å². The fourth-order valence-electron chi connectivity index (χ4n) is 2.06. The first kappa shape index (κ1) is 16.0. The third-order valence-corrected chi connectivity index (χ3v) is 3.50. The Hall–Kier alpha value is -2.86. The second-order valence-corrected chi connectivity index (χ2v) is 5.44. The van der Waals surface area contributed by atoms with Gasteiger partial charge in [-0.3, -0.25) is 4.79 Å². The van der Waals surface area contributed by atoms with Gasteiger partial charge < -0.3 is 10.1 Å². The first-order valence-electron chi connectivity index (χ1n) is 7.32. The van der Waals surface area contributed by atoms with Crippen LogP contribution in [0.3, 0.4) is 0 Å². The molecule has 0 aliphatic heterocycles. The first-order valence-corrected chi connectivity index (χ1v) is 7.70. The summed E-state index contributed by atoms with van der Waals surface area (Å²) < 4.78 is 7.04. The van der Waals surface area contributed by atoms with Gasteiger partial charge in [-0.2, -0.15) is 0 Å².